The molecule has 0 atom stereocenters. The summed E-state index contributed by atoms with van der Waals surface area (Å²) in [6.07, 6.45) is 1.18. The van der Waals surface area contributed by atoms with Crippen LogP contribution in [0.5, 0.6) is 0 Å². The first-order valence-electron chi connectivity index (χ1n) is 5.39. The van der Waals surface area contributed by atoms with E-state index in [0.717, 1.165) is 4.47 Å². The Balaban J connectivity index is 1.97. The lowest BCUT2D eigenvalue weighted by atomic mass is 10.2. The molecular weight excluding hydrogens is 330 g/mol. The molecule has 8 heteroatoms. The fraction of sp³-hybridized carbons (Fsp3) is 0. The van der Waals surface area contributed by atoms with Gasteiger partial charge in [0, 0.05) is 10.0 Å². The summed E-state index contributed by atoms with van der Waals surface area (Å²) in [5.41, 5.74) is 2.73. The Kier molecular flexibility index (Phi) is 4.26. The van der Waals surface area contributed by atoms with E-state index in [-0.39, 0.29) is 11.6 Å². The van der Waals surface area contributed by atoms with Crippen LogP contribution in [0, 0.1) is 10.1 Å². The zero-order valence-electron chi connectivity index (χ0n) is 9.95. The number of halogens is 1. The lowest BCUT2D eigenvalue weighted by Gasteiger charge is -1.98. The van der Waals surface area contributed by atoms with Crippen molar-refractivity contribution in [3.05, 3.63) is 62.3 Å². The number of furan rings is 1. The molecule has 1 aromatic carbocycles. The molecule has 0 unspecified atom stereocenters. The van der Waals surface area contributed by atoms with E-state index in [2.05, 4.69) is 26.5 Å². The molecule has 0 saturated heterocycles. The van der Waals surface area contributed by atoms with Gasteiger partial charge in [-0.05, 0) is 30.3 Å². The quantitative estimate of drug-likeness (QED) is 0.526. The van der Waals surface area contributed by atoms with Gasteiger partial charge < -0.3 is 4.42 Å². The number of hydrogen-bond acceptors (Lipinski definition) is 5. The van der Waals surface area contributed by atoms with Crippen molar-refractivity contribution in [2.45, 2.75) is 0 Å². The summed E-state index contributed by atoms with van der Waals surface area (Å²) in [5.74, 6) is -0.603. The van der Waals surface area contributed by atoms with Crippen molar-refractivity contribution < 1.29 is 14.1 Å². The standard InChI is InChI=1S/C12H8BrN3O4/c13-9-3-1-8(2-4-9)12(17)15-14-7-10-5-6-11(20-10)16(18)19/h1-7H,(H,15,17)/b14-7-. The van der Waals surface area contributed by atoms with Crippen LogP contribution in [0.3, 0.4) is 0 Å². The van der Waals surface area contributed by atoms with Gasteiger partial charge in [0.15, 0.2) is 5.76 Å². The molecule has 102 valence electrons. The highest BCUT2D eigenvalue weighted by molar-refractivity contribution is 9.10. The van der Waals surface area contributed by atoms with Crippen molar-refractivity contribution in [1.82, 2.24) is 5.43 Å². The van der Waals surface area contributed by atoms with Gasteiger partial charge in [0.2, 0.25) is 0 Å². The van der Waals surface area contributed by atoms with E-state index in [9.17, 15) is 14.9 Å². The van der Waals surface area contributed by atoms with E-state index < -0.39 is 10.8 Å². The number of nitrogens with one attached hydrogen (secondary N) is 1. The Morgan fingerprint density at radius 1 is 1.30 bits per heavy atom. The minimum atomic E-state index is -0.655. The highest BCUT2D eigenvalue weighted by Crippen LogP contribution is 2.13. The van der Waals surface area contributed by atoms with Crippen LogP contribution < -0.4 is 5.43 Å². The van der Waals surface area contributed by atoms with Gasteiger partial charge in [-0.15, -0.1) is 0 Å². The van der Waals surface area contributed by atoms with Crippen molar-refractivity contribution >= 4 is 33.9 Å². The molecule has 0 aliphatic rings. The third-order valence-electron chi connectivity index (χ3n) is 2.26. The number of nitrogens with zero attached hydrogens (tertiary/aromatic N) is 2. The molecule has 1 aromatic heterocycles. The molecule has 0 aliphatic heterocycles. The number of nitro groups is 1. The lowest BCUT2D eigenvalue weighted by Crippen LogP contribution is -2.17. The molecule has 0 fully saturated rings. The monoisotopic (exact) mass is 337 g/mol. The Bertz CT molecular complexity index is 664. The van der Waals surface area contributed by atoms with Gasteiger partial charge in [0.25, 0.3) is 5.91 Å². The van der Waals surface area contributed by atoms with Crippen LogP contribution in [-0.2, 0) is 0 Å². The SMILES string of the molecule is O=C(N/N=C\c1ccc([N+](=O)[O-])o1)c1ccc(Br)cc1. The Hall–Kier alpha value is -2.48. The maximum Gasteiger partial charge on any atom is 0.433 e. The van der Waals surface area contributed by atoms with Crippen LogP contribution in [0.15, 0.2) is 50.4 Å². The number of amides is 1. The second-order valence-corrected chi connectivity index (χ2v) is 4.55. The maximum absolute atomic E-state index is 11.7. The van der Waals surface area contributed by atoms with Gasteiger partial charge >= 0.3 is 5.88 Å². The summed E-state index contributed by atoms with van der Waals surface area (Å²) >= 11 is 3.26. The normalized spacial score (nSPS) is 10.7. The molecule has 1 heterocycles. The van der Waals surface area contributed by atoms with Gasteiger partial charge in [0.05, 0.1) is 12.3 Å². The van der Waals surface area contributed by atoms with Crippen molar-refractivity contribution in [1.29, 1.82) is 0 Å². The molecule has 7 nitrogen and oxygen atoms in total. The third-order valence-corrected chi connectivity index (χ3v) is 2.79. The fourth-order valence-corrected chi connectivity index (χ4v) is 1.59. The van der Waals surface area contributed by atoms with Gasteiger partial charge in [-0.25, -0.2) is 5.43 Å². The van der Waals surface area contributed by atoms with Crippen molar-refractivity contribution in [2.75, 3.05) is 0 Å². The zero-order chi connectivity index (χ0) is 14.5. The van der Waals surface area contributed by atoms with Crippen molar-refractivity contribution in [3.63, 3.8) is 0 Å². The maximum atomic E-state index is 11.7. The van der Waals surface area contributed by atoms with Crippen LogP contribution >= 0.6 is 15.9 Å². The summed E-state index contributed by atoms with van der Waals surface area (Å²) < 4.78 is 5.70. The van der Waals surface area contributed by atoms with Crippen LogP contribution in [-0.4, -0.2) is 17.0 Å². The molecule has 0 saturated carbocycles. The minimum Gasteiger partial charge on any atom is -0.400 e. The predicted octanol–water partition coefficient (Wildman–Crippen LogP) is 2.71. The summed E-state index contributed by atoms with van der Waals surface area (Å²) in [5, 5.41) is 14.1. The summed E-state index contributed by atoms with van der Waals surface area (Å²) in [6, 6.07) is 9.31. The molecule has 1 N–H and O–H groups in total. The Labute approximate surface area is 121 Å². The minimum absolute atomic E-state index is 0.174. The fourth-order valence-electron chi connectivity index (χ4n) is 1.33. The molecule has 2 rings (SSSR count). The van der Waals surface area contributed by atoms with Gasteiger partial charge in [-0.2, -0.15) is 5.10 Å². The Morgan fingerprint density at radius 2 is 2.00 bits per heavy atom. The lowest BCUT2D eigenvalue weighted by molar-refractivity contribution is -0.402. The second-order valence-electron chi connectivity index (χ2n) is 3.64. The average Bonchev–Trinajstić information content (AvgIpc) is 2.88. The molecule has 0 bridgehead atoms. The topological polar surface area (TPSA) is 97.7 Å². The highest BCUT2D eigenvalue weighted by Gasteiger charge is 2.10. The highest BCUT2D eigenvalue weighted by atomic mass is 79.9. The van der Waals surface area contributed by atoms with Gasteiger partial charge in [-0.1, -0.05) is 15.9 Å². The van der Waals surface area contributed by atoms with E-state index in [0.29, 0.717) is 5.56 Å². The molecule has 2 aromatic rings. The van der Waals surface area contributed by atoms with Crippen molar-refractivity contribution in [3.8, 4) is 0 Å². The molecule has 0 aliphatic carbocycles. The van der Waals surface area contributed by atoms with Crippen molar-refractivity contribution in [2.24, 2.45) is 5.10 Å². The Morgan fingerprint density at radius 3 is 2.60 bits per heavy atom. The number of carbonyl (C=O) groups is 1. The zero-order valence-corrected chi connectivity index (χ0v) is 11.5. The molecule has 0 spiro atoms. The first-order valence-corrected chi connectivity index (χ1v) is 6.19. The van der Waals surface area contributed by atoms with E-state index >= 15 is 0 Å². The largest absolute Gasteiger partial charge is 0.433 e. The number of hydrazone groups is 1. The van der Waals surface area contributed by atoms with E-state index in [1.807, 2.05) is 0 Å². The molecular formula is C12H8BrN3O4. The summed E-state index contributed by atoms with van der Waals surface area (Å²) in [7, 11) is 0. The summed E-state index contributed by atoms with van der Waals surface area (Å²) in [6.45, 7) is 0. The third kappa shape index (κ3) is 3.51. The number of rotatable bonds is 4. The van der Waals surface area contributed by atoms with Crippen LogP contribution in [0.4, 0.5) is 5.88 Å². The van der Waals surface area contributed by atoms with Crippen LogP contribution in [0.25, 0.3) is 0 Å². The average molecular weight is 338 g/mol. The molecule has 0 radical (unpaired) electrons. The predicted molar refractivity (Wildman–Crippen MR) is 74.6 cm³/mol. The van der Waals surface area contributed by atoms with E-state index in [4.69, 9.17) is 4.42 Å². The van der Waals surface area contributed by atoms with Gasteiger partial charge in [0.1, 0.15) is 4.92 Å². The van der Waals surface area contributed by atoms with Crippen LogP contribution in [0.1, 0.15) is 16.1 Å². The smallest absolute Gasteiger partial charge is 0.400 e. The molecule has 20 heavy (non-hydrogen) atoms. The molecule has 1 amide bonds. The number of benzene rings is 1. The van der Waals surface area contributed by atoms with Crippen LogP contribution in [0.2, 0.25) is 0 Å². The number of carbonyl (C=O) groups excluding carboxylic acids is 1. The van der Waals surface area contributed by atoms with E-state index in [1.165, 1.54) is 18.3 Å². The first-order chi connectivity index (χ1) is 9.56. The summed E-state index contributed by atoms with van der Waals surface area (Å²) in [4.78, 5) is 21.4. The second kappa shape index (κ2) is 6.11. The number of hydrogen-bond donors (Lipinski definition) is 1. The van der Waals surface area contributed by atoms with Gasteiger partial charge in [-0.3, -0.25) is 14.9 Å². The van der Waals surface area contributed by atoms with E-state index in [1.54, 1.807) is 24.3 Å². The first kappa shape index (κ1) is 13.9.